The van der Waals surface area contributed by atoms with Gasteiger partial charge in [-0.05, 0) is 38.8 Å². The van der Waals surface area contributed by atoms with Crippen molar-refractivity contribution in [1.29, 1.82) is 0 Å². The van der Waals surface area contributed by atoms with Crippen molar-refractivity contribution in [3.05, 3.63) is 5.28 Å². The normalized spacial score (nSPS) is 11.3. The molecule has 0 aliphatic carbocycles. The predicted molar refractivity (Wildman–Crippen MR) is 61.0 cm³/mol. The number of aromatic nitrogens is 3. The van der Waals surface area contributed by atoms with E-state index in [1.165, 1.54) is 0 Å². The Morgan fingerprint density at radius 2 is 1.75 bits per heavy atom. The molecule has 1 aromatic heterocycles. The molecule has 0 saturated carbocycles. The van der Waals surface area contributed by atoms with Crippen LogP contribution in [0.5, 0.6) is 12.0 Å². The fourth-order valence-corrected chi connectivity index (χ4v) is 1.02. The molecule has 0 aliphatic rings. The van der Waals surface area contributed by atoms with E-state index in [0.29, 0.717) is 6.61 Å². The Kier molecular flexibility index (Phi) is 4.29. The molecule has 0 saturated heterocycles. The molecule has 0 bridgehead atoms. The first-order valence-corrected chi connectivity index (χ1v) is 5.58. The third-order valence-corrected chi connectivity index (χ3v) is 2.23. The molecule has 16 heavy (non-hydrogen) atoms. The van der Waals surface area contributed by atoms with E-state index in [1.54, 1.807) is 0 Å². The Labute approximate surface area is 100 Å². The van der Waals surface area contributed by atoms with Gasteiger partial charge in [0.05, 0.1) is 6.61 Å². The number of rotatable bonds is 5. The minimum atomic E-state index is -0.339. The van der Waals surface area contributed by atoms with E-state index in [0.717, 1.165) is 6.42 Å². The van der Waals surface area contributed by atoms with E-state index < -0.39 is 0 Å². The lowest BCUT2D eigenvalue weighted by Gasteiger charge is -2.23. The van der Waals surface area contributed by atoms with Gasteiger partial charge >= 0.3 is 12.0 Å². The Hall–Kier alpha value is -1.10. The SMILES string of the molecule is CCOc1nc(Cl)nc(OC(C)(C)CC)n1. The maximum atomic E-state index is 5.74. The number of ether oxygens (including phenoxy) is 2. The largest absolute Gasteiger partial charge is 0.464 e. The molecule has 0 radical (unpaired) electrons. The molecular formula is C10H16ClN3O2. The lowest BCUT2D eigenvalue weighted by Crippen LogP contribution is -2.28. The maximum absolute atomic E-state index is 5.74. The van der Waals surface area contributed by atoms with E-state index in [-0.39, 0.29) is 22.9 Å². The van der Waals surface area contributed by atoms with Crippen LogP contribution in [0.2, 0.25) is 5.28 Å². The molecule has 0 aromatic carbocycles. The second kappa shape index (κ2) is 5.30. The summed E-state index contributed by atoms with van der Waals surface area (Å²) in [7, 11) is 0. The highest BCUT2D eigenvalue weighted by Gasteiger charge is 2.19. The average Bonchev–Trinajstić information content (AvgIpc) is 2.16. The third-order valence-electron chi connectivity index (χ3n) is 2.06. The van der Waals surface area contributed by atoms with Crippen LogP contribution in [0.15, 0.2) is 0 Å². The lowest BCUT2D eigenvalue weighted by atomic mass is 10.1. The molecule has 5 nitrogen and oxygen atoms in total. The molecule has 0 atom stereocenters. The lowest BCUT2D eigenvalue weighted by molar-refractivity contribution is 0.0905. The molecule has 0 spiro atoms. The quantitative estimate of drug-likeness (QED) is 0.798. The summed E-state index contributed by atoms with van der Waals surface area (Å²) in [5.74, 6) is 0. The van der Waals surface area contributed by atoms with Crippen molar-refractivity contribution in [2.24, 2.45) is 0 Å². The zero-order valence-corrected chi connectivity index (χ0v) is 10.7. The molecule has 0 amide bonds. The molecule has 0 unspecified atom stereocenters. The van der Waals surface area contributed by atoms with Gasteiger partial charge in [-0.15, -0.1) is 4.98 Å². The van der Waals surface area contributed by atoms with Gasteiger partial charge in [0.25, 0.3) is 0 Å². The molecule has 1 rings (SSSR count). The van der Waals surface area contributed by atoms with Crippen molar-refractivity contribution in [3.8, 4) is 12.0 Å². The zero-order chi connectivity index (χ0) is 12.2. The predicted octanol–water partition coefficient (Wildman–Crippen LogP) is 2.49. The minimum absolute atomic E-state index is 0.0698. The van der Waals surface area contributed by atoms with Crippen LogP contribution < -0.4 is 9.47 Å². The van der Waals surface area contributed by atoms with E-state index in [2.05, 4.69) is 15.0 Å². The minimum Gasteiger partial charge on any atom is -0.464 e. The van der Waals surface area contributed by atoms with E-state index in [9.17, 15) is 0 Å². The van der Waals surface area contributed by atoms with Crippen LogP contribution in [0.4, 0.5) is 0 Å². The second-order valence-electron chi connectivity index (χ2n) is 3.82. The smallest absolute Gasteiger partial charge is 0.324 e. The van der Waals surface area contributed by atoms with Crippen LogP contribution in [0.25, 0.3) is 0 Å². The zero-order valence-electron chi connectivity index (χ0n) is 9.95. The van der Waals surface area contributed by atoms with Gasteiger partial charge < -0.3 is 9.47 Å². The molecule has 1 heterocycles. The summed E-state index contributed by atoms with van der Waals surface area (Å²) in [5, 5.41) is 0.0698. The van der Waals surface area contributed by atoms with E-state index in [4.69, 9.17) is 21.1 Å². The molecule has 90 valence electrons. The Balaban J connectivity index is 2.87. The Bertz CT molecular complexity index is 358. The number of nitrogens with zero attached hydrogens (tertiary/aromatic N) is 3. The highest BCUT2D eigenvalue weighted by Crippen LogP contribution is 2.20. The van der Waals surface area contributed by atoms with Crippen molar-refractivity contribution in [2.75, 3.05) is 6.61 Å². The second-order valence-corrected chi connectivity index (χ2v) is 4.16. The fourth-order valence-electron chi connectivity index (χ4n) is 0.873. The van der Waals surface area contributed by atoms with Gasteiger partial charge in [-0.1, -0.05) is 6.92 Å². The van der Waals surface area contributed by atoms with E-state index >= 15 is 0 Å². The number of hydrogen-bond donors (Lipinski definition) is 0. The van der Waals surface area contributed by atoms with Gasteiger partial charge in [-0.2, -0.15) is 9.97 Å². The summed E-state index contributed by atoms with van der Waals surface area (Å²) in [6.45, 7) is 8.23. The molecule has 0 N–H and O–H groups in total. The molecule has 1 aromatic rings. The van der Waals surface area contributed by atoms with Crippen molar-refractivity contribution in [3.63, 3.8) is 0 Å². The van der Waals surface area contributed by atoms with Crippen LogP contribution in [-0.2, 0) is 0 Å². The highest BCUT2D eigenvalue weighted by atomic mass is 35.5. The van der Waals surface area contributed by atoms with E-state index in [1.807, 2.05) is 27.7 Å². The average molecular weight is 246 g/mol. The van der Waals surface area contributed by atoms with Gasteiger partial charge in [-0.3, -0.25) is 0 Å². The topological polar surface area (TPSA) is 57.1 Å². The first kappa shape index (κ1) is 13.0. The summed E-state index contributed by atoms with van der Waals surface area (Å²) in [4.78, 5) is 11.7. The molecule has 0 fully saturated rings. The summed E-state index contributed by atoms with van der Waals surface area (Å²) in [6, 6.07) is 0.375. The highest BCUT2D eigenvalue weighted by molar-refractivity contribution is 6.28. The van der Waals surface area contributed by atoms with Gasteiger partial charge in [0.15, 0.2) is 0 Å². The number of halogens is 1. The van der Waals surface area contributed by atoms with Gasteiger partial charge in [0, 0.05) is 0 Å². The van der Waals surface area contributed by atoms with Crippen LogP contribution in [-0.4, -0.2) is 27.2 Å². The van der Waals surface area contributed by atoms with Crippen LogP contribution in [0.1, 0.15) is 34.1 Å². The van der Waals surface area contributed by atoms with Gasteiger partial charge in [0.1, 0.15) is 5.60 Å². The third kappa shape index (κ3) is 3.81. The van der Waals surface area contributed by atoms with Crippen molar-refractivity contribution in [1.82, 2.24) is 15.0 Å². The fraction of sp³-hybridized carbons (Fsp3) is 0.700. The molecular weight excluding hydrogens is 230 g/mol. The molecule has 6 heteroatoms. The first-order chi connectivity index (χ1) is 7.46. The standard InChI is InChI=1S/C10H16ClN3O2/c1-5-10(3,4)16-9-13-7(11)12-8(14-9)15-6-2/h5-6H2,1-4H3. The van der Waals surface area contributed by atoms with Gasteiger partial charge in [0.2, 0.25) is 5.28 Å². The monoisotopic (exact) mass is 245 g/mol. The summed E-state index contributed by atoms with van der Waals surface area (Å²) < 4.78 is 10.7. The van der Waals surface area contributed by atoms with Crippen LogP contribution in [0.3, 0.4) is 0 Å². The van der Waals surface area contributed by atoms with Crippen molar-refractivity contribution >= 4 is 11.6 Å². The van der Waals surface area contributed by atoms with Crippen LogP contribution in [0, 0.1) is 0 Å². The molecule has 0 aliphatic heterocycles. The summed E-state index contributed by atoms with van der Waals surface area (Å²) >= 11 is 5.74. The Morgan fingerprint density at radius 3 is 2.31 bits per heavy atom. The number of hydrogen-bond acceptors (Lipinski definition) is 5. The first-order valence-electron chi connectivity index (χ1n) is 5.20. The maximum Gasteiger partial charge on any atom is 0.324 e. The van der Waals surface area contributed by atoms with Crippen molar-refractivity contribution in [2.45, 2.75) is 39.7 Å². The van der Waals surface area contributed by atoms with Crippen LogP contribution >= 0.6 is 11.6 Å². The summed E-state index contributed by atoms with van der Waals surface area (Å²) in [5.41, 5.74) is -0.339. The van der Waals surface area contributed by atoms with Gasteiger partial charge in [-0.25, -0.2) is 0 Å². The Morgan fingerprint density at radius 1 is 1.12 bits per heavy atom. The summed E-state index contributed by atoms with van der Waals surface area (Å²) in [6.07, 6.45) is 0.834. The van der Waals surface area contributed by atoms with Crippen molar-refractivity contribution < 1.29 is 9.47 Å².